The van der Waals surface area contributed by atoms with Crippen molar-refractivity contribution in [3.63, 3.8) is 0 Å². The molecule has 0 saturated heterocycles. The molecule has 8 N–H and O–H groups in total. The number of hydrogen-bond acceptors (Lipinski definition) is 16. The van der Waals surface area contributed by atoms with Gasteiger partial charge < -0.3 is 70.1 Å². The van der Waals surface area contributed by atoms with Crippen molar-refractivity contribution >= 4 is 30.0 Å². The third kappa shape index (κ3) is 10.1. The summed E-state index contributed by atoms with van der Waals surface area (Å²) >= 11 is 0. The molecule has 0 unspecified atom stereocenters. The minimum atomic E-state index is -2.09. The molecule has 54 heavy (non-hydrogen) atoms. The molecule has 0 bridgehead atoms. The largest absolute Gasteiger partial charge is 1.00 e. The first-order valence-electron chi connectivity index (χ1n) is 15.2. The maximum absolute atomic E-state index is 14.2. The number of fused-ring (bicyclic) bond motifs is 1. The average Bonchev–Trinajstić information content (AvgIpc) is 3.08. The average molecular weight is 795 g/mol. The Labute approximate surface area is 390 Å². The fourth-order valence-electron chi connectivity index (χ4n) is 5.75. The number of carboxylic acids is 2. The van der Waals surface area contributed by atoms with Crippen LogP contribution in [0.15, 0.2) is 72.3 Å². The minimum absolute atomic E-state index is 0. The quantitative estimate of drug-likeness (QED) is 0.0399. The number of carboxylic acid groups (broad SMARTS) is 2. The summed E-state index contributed by atoms with van der Waals surface area (Å²) in [6.45, 7) is 0. The molecule has 0 saturated carbocycles. The summed E-state index contributed by atoms with van der Waals surface area (Å²) in [6.07, 6.45) is -4.37. The Bertz CT molecular complexity index is 2130. The van der Waals surface area contributed by atoms with Crippen molar-refractivity contribution in [2.75, 3.05) is 0 Å². The van der Waals surface area contributed by atoms with Gasteiger partial charge in [-0.25, -0.2) is 4.79 Å². The molecule has 0 aliphatic heterocycles. The number of carbonyl (C=O) groups excluding carboxylic acids is 4. The number of aliphatic carboxylic acids is 2. The normalized spacial score (nSPS) is 15.5. The van der Waals surface area contributed by atoms with Crippen LogP contribution in [-0.2, 0) is 41.5 Å². The zero-order valence-electron chi connectivity index (χ0n) is 28.5. The van der Waals surface area contributed by atoms with E-state index in [1.54, 1.807) is 0 Å². The van der Waals surface area contributed by atoms with E-state index in [1.165, 1.54) is 18.2 Å². The molecule has 270 valence electrons. The van der Waals surface area contributed by atoms with Crippen LogP contribution in [0.3, 0.4) is 0 Å². The molecular weight excluding hydrogens is 767 g/mol. The van der Waals surface area contributed by atoms with Gasteiger partial charge in [-0.1, -0.05) is 18.2 Å². The van der Waals surface area contributed by atoms with Crippen LogP contribution in [0.25, 0.3) is 6.08 Å². The monoisotopic (exact) mass is 794 g/mol. The van der Waals surface area contributed by atoms with Gasteiger partial charge in [0.25, 0.3) is 0 Å². The molecule has 4 atom stereocenters. The number of hydrogen-bond donors (Lipinski definition) is 8. The predicted molar refractivity (Wildman–Crippen MR) is 170 cm³/mol. The van der Waals surface area contributed by atoms with E-state index in [-0.39, 0.29) is 131 Å². The second-order valence-electron chi connectivity index (χ2n) is 11.8. The Balaban J connectivity index is 0.00000392. The summed E-state index contributed by atoms with van der Waals surface area (Å²) in [6, 6.07) is 11.8. The van der Waals surface area contributed by atoms with E-state index in [1.807, 2.05) is 0 Å². The van der Waals surface area contributed by atoms with E-state index in [0.29, 0.717) is 0 Å². The number of benzene rings is 4. The summed E-state index contributed by atoms with van der Waals surface area (Å²) in [5, 5.41) is 104. The summed E-state index contributed by atoms with van der Waals surface area (Å²) in [5.41, 5.74) is -0.535. The third-order valence-electron chi connectivity index (χ3n) is 8.30. The first kappa shape index (κ1) is 44.6. The molecule has 4 aromatic carbocycles. The van der Waals surface area contributed by atoms with E-state index in [9.17, 15) is 70.2 Å². The van der Waals surface area contributed by atoms with Crippen molar-refractivity contribution in [3.05, 3.63) is 100 Å². The van der Waals surface area contributed by atoms with Crippen molar-refractivity contribution in [3.8, 4) is 46.0 Å². The van der Waals surface area contributed by atoms with E-state index in [4.69, 9.17) is 9.47 Å². The van der Waals surface area contributed by atoms with Crippen LogP contribution < -0.4 is 113 Å². The van der Waals surface area contributed by atoms with Crippen molar-refractivity contribution in [2.45, 2.75) is 31.0 Å². The maximum Gasteiger partial charge on any atom is 1.00 e. The molecular formula is C36H28K2O16. The molecule has 0 radical (unpaired) electrons. The number of aromatic hydroxyl groups is 8. The van der Waals surface area contributed by atoms with Crippen molar-refractivity contribution in [1.82, 2.24) is 0 Å². The van der Waals surface area contributed by atoms with Gasteiger partial charge in [-0.05, 0) is 82.4 Å². The van der Waals surface area contributed by atoms with Crippen LogP contribution in [0, 0.1) is 5.92 Å². The van der Waals surface area contributed by atoms with Gasteiger partial charge in [-0.3, -0.25) is 4.79 Å². The first-order chi connectivity index (χ1) is 24.5. The number of phenolic OH excluding ortho intramolecular Hbond substituents is 8. The third-order valence-corrected chi connectivity index (χ3v) is 8.30. The van der Waals surface area contributed by atoms with Gasteiger partial charge in [-0.2, -0.15) is 0 Å². The van der Waals surface area contributed by atoms with E-state index >= 15 is 0 Å². The van der Waals surface area contributed by atoms with Gasteiger partial charge in [0.05, 0.1) is 23.4 Å². The molecule has 18 heteroatoms. The Morgan fingerprint density at radius 2 is 1.02 bits per heavy atom. The molecule has 0 fully saturated rings. The first-order valence-corrected chi connectivity index (χ1v) is 15.2. The smallest absolute Gasteiger partial charge is 0.546 e. The van der Waals surface area contributed by atoms with Crippen molar-refractivity contribution < 1.29 is 182 Å². The second-order valence-corrected chi connectivity index (χ2v) is 11.8. The van der Waals surface area contributed by atoms with Crippen LogP contribution >= 0.6 is 0 Å². The molecule has 0 amide bonds. The van der Waals surface area contributed by atoms with Gasteiger partial charge >= 0.3 is 115 Å². The van der Waals surface area contributed by atoms with Crippen molar-refractivity contribution in [2.24, 2.45) is 5.92 Å². The minimum Gasteiger partial charge on any atom is -0.546 e. The molecule has 5 rings (SSSR count). The summed E-state index contributed by atoms with van der Waals surface area (Å²) in [5.74, 6) is -15.1. The molecule has 16 nitrogen and oxygen atoms in total. The van der Waals surface area contributed by atoms with E-state index < -0.39 is 112 Å². The fraction of sp³-hybridized carbons (Fsp3) is 0.167. The predicted octanol–water partition coefficient (Wildman–Crippen LogP) is -5.71. The Morgan fingerprint density at radius 1 is 0.574 bits per heavy atom. The number of ether oxygens (including phenoxy) is 2. The molecule has 1 aliphatic carbocycles. The molecule has 1 aliphatic rings. The number of rotatable bonds is 11. The van der Waals surface area contributed by atoms with E-state index in [0.717, 1.165) is 54.6 Å². The van der Waals surface area contributed by atoms with Crippen molar-refractivity contribution in [1.29, 1.82) is 0 Å². The van der Waals surface area contributed by atoms with Gasteiger partial charge in [0.15, 0.2) is 46.0 Å². The number of esters is 2. The van der Waals surface area contributed by atoms with Crippen LogP contribution in [0.1, 0.15) is 33.7 Å². The van der Waals surface area contributed by atoms with Gasteiger partial charge in [0, 0.05) is 18.8 Å². The number of phenols is 8. The fourth-order valence-corrected chi connectivity index (χ4v) is 5.75. The zero-order chi connectivity index (χ0) is 38.0. The van der Waals surface area contributed by atoms with Gasteiger partial charge in [0.1, 0.15) is 12.2 Å². The van der Waals surface area contributed by atoms with Crippen LogP contribution in [-0.4, -0.2) is 76.9 Å². The van der Waals surface area contributed by atoms with Crippen LogP contribution in [0.4, 0.5) is 0 Å². The van der Waals surface area contributed by atoms with Gasteiger partial charge in [-0.15, -0.1) is 0 Å². The summed E-state index contributed by atoms with van der Waals surface area (Å²) in [7, 11) is 0. The Morgan fingerprint density at radius 3 is 1.50 bits per heavy atom. The molecule has 4 aromatic rings. The van der Waals surface area contributed by atoms with Crippen LogP contribution in [0.2, 0.25) is 0 Å². The summed E-state index contributed by atoms with van der Waals surface area (Å²) in [4.78, 5) is 52.4. The van der Waals surface area contributed by atoms with E-state index in [2.05, 4.69) is 0 Å². The maximum atomic E-state index is 14.2. The number of carbonyl (C=O) groups is 4. The van der Waals surface area contributed by atoms with Gasteiger partial charge in [0.2, 0.25) is 0 Å². The zero-order valence-corrected chi connectivity index (χ0v) is 34.7. The standard InChI is InChI=1S/C36H30O16.2K/c37-21-4-1-15(7-24(21)40)9-29(33(45)46)51-35(49)20-11-18-13-27(43)28(44)14-19(18)31(17-3-6-23(39)26(42)12-17)32(20)36(50)52-30(34(47)48)10-16-2-5-22(38)25(41)8-16;;/h1-8,11-14,29-32,37-44H,9-10H2,(H,45,46)(H,47,48);;/q;2*+1/p-2/t29-,30-,31-,32-;;/m1../s1. The molecule has 0 heterocycles. The molecule has 0 spiro atoms. The second kappa shape index (κ2) is 18.7. The summed E-state index contributed by atoms with van der Waals surface area (Å²) < 4.78 is 10.6. The van der Waals surface area contributed by atoms with Crippen LogP contribution in [0.5, 0.6) is 46.0 Å². The molecule has 0 aromatic heterocycles. The SMILES string of the molecule is O=C(O[C@H](Cc1ccc(O)c(O)c1)C(=O)[O-])C1=Cc2cc(O)c(O)cc2[C@@H](c2ccc(O)c(O)c2)[C@@H]1C(=O)O[C@H](Cc1ccc(O)c(O)c1)C(=O)[O-].[K+].[K+]. The topological polar surface area (TPSA) is 295 Å². The Kier molecular flexibility index (Phi) is 15.4. The Hall–Kier alpha value is -3.83.